The Labute approximate surface area is 186 Å². The fourth-order valence-corrected chi connectivity index (χ4v) is 4.93. The number of hydrogen-bond acceptors (Lipinski definition) is 4. The number of amides is 1. The Morgan fingerprint density at radius 3 is 2.81 bits per heavy atom. The van der Waals surface area contributed by atoms with Gasteiger partial charge in [-0.3, -0.25) is 9.78 Å². The molecule has 5 nitrogen and oxygen atoms in total. The molecular weight excluding hydrogens is 412 g/mol. The topological polar surface area (TPSA) is 74.6 Å². The number of aliphatic hydroxyl groups excluding tert-OH is 1. The van der Waals surface area contributed by atoms with Gasteiger partial charge in [-0.05, 0) is 74.6 Å². The van der Waals surface area contributed by atoms with Crippen LogP contribution in [0, 0.1) is 11.7 Å². The summed E-state index contributed by atoms with van der Waals surface area (Å²) in [7, 11) is 0. The van der Waals surface area contributed by atoms with Crippen LogP contribution in [0.1, 0.15) is 55.7 Å². The minimum Gasteiger partial charge on any atom is -0.393 e. The van der Waals surface area contributed by atoms with Crippen LogP contribution in [0.5, 0.6) is 0 Å². The van der Waals surface area contributed by atoms with Crippen LogP contribution in [0.4, 0.5) is 14.5 Å². The number of benzene rings is 1. The molecule has 2 aliphatic rings. The van der Waals surface area contributed by atoms with Gasteiger partial charge in [-0.25, -0.2) is 13.8 Å². The Hall–Kier alpha value is -2.93. The summed E-state index contributed by atoms with van der Waals surface area (Å²) in [5.41, 5.74) is 2.06. The van der Waals surface area contributed by atoms with Gasteiger partial charge in [0, 0.05) is 11.8 Å². The van der Waals surface area contributed by atoms with Gasteiger partial charge in [0.05, 0.1) is 23.7 Å². The Morgan fingerprint density at radius 2 is 2.06 bits per heavy atom. The molecule has 2 heterocycles. The number of rotatable bonds is 1. The van der Waals surface area contributed by atoms with E-state index in [9.17, 15) is 14.3 Å². The average molecular weight is 440 g/mol. The number of anilines is 1. The lowest BCUT2D eigenvalue weighted by atomic mass is 9.74. The first-order valence-electron chi connectivity index (χ1n) is 11.0. The van der Waals surface area contributed by atoms with Crippen molar-refractivity contribution >= 4 is 17.3 Å². The molecular formula is C25H27F2N3O2. The van der Waals surface area contributed by atoms with E-state index in [0.717, 1.165) is 12.0 Å². The van der Waals surface area contributed by atoms with Crippen molar-refractivity contribution in [2.75, 3.05) is 5.32 Å². The van der Waals surface area contributed by atoms with Gasteiger partial charge < -0.3 is 10.4 Å². The van der Waals surface area contributed by atoms with Crippen LogP contribution >= 0.6 is 0 Å². The monoisotopic (exact) mass is 439 g/mol. The summed E-state index contributed by atoms with van der Waals surface area (Å²) in [4.78, 5) is 21.5. The zero-order chi connectivity index (χ0) is 22.8. The van der Waals surface area contributed by atoms with E-state index in [1.54, 1.807) is 31.5 Å². The van der Waals surface area contributed by atoms with E-state index in [1.807, 2.05) is 6.07 Å². The number of aliphatic imine (C=N–C) groups is 1. The molecule has 4 rings (SSSR count). The normalized spacial score (nSPS) is 25.9. The first-order valence-corrected chi connectivity index (χ1v) is 11.0. The maximum Gasteiger partial charge on any atom is 0.273 e. The minimum atomic E-state index is -1.59. The largest absolute Gasteiger partial charge is 0.393 e. The van der Waals surface area contributed by atoms with Gasteiger partial charge in [-0.1, -0.05) is 18.2 Å². The number of fused-ring (bicyclic) bond motifs is 5. The van der Waals surface area contributed by atoms with Crippen molar-refractivity contribution in [1.29, 1.82) is 0 Å². The minimum absolute atomic E-state index is 0.00393. The fraction of sp³-hybridized carbons (Fsp3) is 0.400. The highest BCUT2D eigenvalue weighted by Crippen LogP contribution is 2.41. The second kappa shape index (κ2) is 9.28. The standard InChI is InChI=1S/C25H27F2N3O2/c1-3-21-25(32)30-22-13-28-8-7-19(22)17-10-15(11-18(31)12-17)9-16-5-4-6-20(27)23(16)24(29-21)14(2)26/h3-8,13-15,17-18,31H,9-12H2,1-2H3,(H,30,32)/b21-3-,29-24?. The number of carbonyl (C=O) groups excluding carboxylic acids is 1. The van der Waals surface area contributed by atoms with E-state index in [4.69, 9.17) is 0 Å². The van der Waals surface area contributed by atoms with Crippen molar-refractivity contribution < 1.29 is 18.7 Å². The van der Waals surface area contributed by atoms with Crippen molar-refractivity contribution in [3.63, 3.8) is 0 Å². The molecule has 1 aromatic carbocycles. The zero-order valence-corrected chi connectivity index (χ0v) is 18.2. The molecule has 7 heteroatoms. The molecule has 168 valence electrons. The van der Waals surface area contributed by atoms with E-state index in [-0.39, 0.29) is 28.8 Å². The molecule has 1 amide bonds. The van der Waals surface area contributed by atoms with Crippen molar-refractivity contribution in [2.45, 2.75) is 57.7 Å². The number of halogens is 2. The van der Waals surface area contributed by atoms with Crippen LogP contribution in [-0.4, -0.2) is 34.0 Å². The van der Waals surface area contributed by atoms with E-state index >= 15 is 4.39 Å². The molecule has 0 radical (unpaired) electrons. The highest BCUT2D eigenvalue weighted by Gasteiger charge is 2.32. The smallest absolute Gasteiger partial charge is 0.273 e. The molecule has 0 saturated heterocycles. The summed E-state index contributed by atoms with van der Waals surface area (Å²) < 4.78 is 29.7. The van der Waals surface area contributed by atoms with Crippen LogP contribution in [0.25, 0.3) is 0 Å². The lowest BCUT2D eigenvalue weighted by molar-refractivity contribution is -0.112. The highest BCUT2D eigenvalue weighted by atomic mass is 19.1. The summed E-state index contributed by atoms with van der Waals surface area (Å²) in [6.07, 6.45) is 5.02. The number of nitrogens with zero attached hydrogens (tertiary/aromatic N) is 2. The Morgan fingerprint density at radius 1 is 1.25 bits per heavy atom. The molecule has 1 aromatic heterocycles. The summed E-state index contributed by atoms with van der Waals surface area (Å²) in [5.74, 6) is -1.02. The van der Waals surface area contributed by atoms with Crippen LogP contribution < -0.4 is 5.32 Å². The summed E-state index contributed by atoms with van der Waals surface area (Å²) >= 11 is 0. The van der Waals surface area contributed by atoms with Gasteiger partial charge in [0.25, 0.3) is 5.91 Å². The van der Waals surface area contributed by atoms with Gasteiger partial charge in [-0.2, -0.15) is 0 Å². The van der Waals surface area contributed by atoms with Crippen LogP contribution in [-0.2, 0) is 11.2 Å². The Bertz CT molecular complexity index is 1080. The van der Waals surface area contributed by atoms with Crippen molar-refractivity contribution in [3.05, 3.63) is 70.9 Å². The van der Waals surface area contributed by atoms with Crippen LogP contribution in [0.15, 0.2) is 53.4 Å². The molecule has 0 spiro atoms. The molecule has 1 saturated carbocycles. The summed E-state index contributed by atoms with van der Waals surface area (Å²) in [6, 6.07) is 6.52. The molecule has 2 bridgehead atoms. The second-order valence-corrected chi connectivity index (χ2v) is 8.61. The molecule has 2 N–H and O–H groups in total. The van der Waals surface area contributed by atoms with Gasteiger partial charge >= 0.3 is 0 Å². The molecule has 1 aliphatic carbocycles. The lowest BCUT2D eigenvalue weighted by Gasteiger charge is -2.34. The van der Waals surface area contributed by atoms with Crippen LogP contribution in [0.2, 0.25) is 0 Å². The number of nitrogens with one attached hydrogen (secondary N) is 1. The number of aromatic nitrogens is 1. The number of pyridine rings is 1. The third kappa shape index (κ3) is 4.48. The Kier molecular flexibility index (Phi) is 6.46. The maximum absolute atomic E-state index is 15.0. The molecule has 1 aliphatic heterocycles. The van der Waals surface area contributed by atoms with E-state index in [2.05, 4.69) is 15.3 Å². The second-order valence-electron chi connectivity index (χ2n) is 8.61. The number of hydrogen-bond donors (Lipinski definition) is 2. The molecule has 4 atom stereocenters. The van der Waals surface area contributed by atoms with Gasteiger partial charge in [0.2, 0.25) is 0 Å². The predicted molar refractivity (Wildman–Crippen MR) is 120 cm³/mol. The Balaban J connectivity index is 1.91. The predicted octanol–water partition coefficient (Wildman–Crippen LogP) is 4.71. The first kappa shape index (κ1) is 22.3. The summed E-state index contributed by atoms with van der Waals surface area (Å²) in [6.45, 7) is 2.92. The first-order chi connectivity index (χ1) is 15.4. The van der Waals surface area contributed by atoms with Gasteiger partial charge in [0.15, 0.2) is 0 Å². The highest BCUT2D eigenvalue weighted by molar-refractivity contribution is 6.10. The van der Waals surface area contributed by atoms with Gasteiger partial charge in [-0.15, -0.1) is 0 Å². The third-order valence-corrected chi connectivity index (χ3v) is 6.31. The maximum atomic E-state index is 15.0. The SMILES string of the molecule is C/C=C1\N=C(C(C)F)c2c(F)cccc2CC2CC(O)CC(C2)c2ccncc2NC1=O. The van der Waals surface area contributed by atoms with E-state index in [0.29, 0.717) is 30.5 Å². The zero-order valence-electron chi connectivity index (χ0n) is 18.2. The summed E-state index contributed by atoms with van der Waals surface area (Å²) in [5, 5.41) is 13.4. The van der Waals surface area contributed by atoms with E-state index < -0.39 is 24.0 Å². The third-order valence-electron chi connectivity index (χ3n) is 6.31. The van der Waals surface area contributed by atoms with Crippen LogP contribution in [0.3, 0.4) is 0 Å². The van der Waals surface area contributed by atoms with Crippen molar-refractivity contribution in [1.82, 2.24) is 4.98 Å². The number of aliphatic hydroxyl groups is 1. The van der Waals surface area contributed by atoms with Crippen molar-refractivity contribution in [2.24, 2.45) is 10.9 Å². The number of allylic oxidation sites excluding steroid dienone is 1. The quantitative estimate of drug-likeness (QED) is 0.632. The molecule has 1 fully saturated rings. The molecule has 32 heavy (non-hydrogen) atoms. The van der Waals surface area contributed by atoms with Crippen molar-refractivity contribution in [3.8, 4) is 0 Å². The molecule has 4 unspecified atom stereocenters. The number of carbonyl (C=O) groups is 1. The fourth-order valence-electron chi connectivity index (χ4n) is 4.93. The molecule has 2 aromatic rings. The number of alkyl halides is 1. The lowest BCUT2D eigenvalue weighted by Crippen LogP contribution is -2.28. The average Bonchev–Trinajstić information content (AvgIpc) is 2.75. The van der Waals surface area contributed by atoms with E-state index in [1.165, 1.54) is 19.1 Å². The van der Waals surface area contributed by atoms with Gasteiger partial charge in [0.1, 0.15) is 17.7 Å².